The molecule has 0 heterocycles. The van der Waals surface area contributed by atoms with Crippen LogP contribution in [0.4, 0.5) is 0 Å². The van der Waals surface area contributed by atoms with Crippen LogP contribution in [-0.2, 0) is 14.8 Å². The van der Waals surface area contributed by atoms with Crippen molar-refractivity contribution in [2.75, 3.05) is 0 Å². The SMILES string of the molecule is O=C(NS(=O)(=O)c1ccc(Cl)cc1)/C(=C/c1ccc(Oc2ccccc2Br)cc1)NC(=O)c1ccccc1. The van der Waals surface area contributed by atoms with E-state index in [0.29, 0.717) is 27.6 Å². The Labute approximate surface area is 233 Å². The molecule has 4 rings (SSSR count). The lowest BCUT2D eigenvalue weighted by atomic mass is 10.1. The summed E-state index contributed by atoms with van der Waals surface area (Å²) in [5, 5.41) is 2.86. The minimum atomic E-state index is -4.23. The zero-order chi connectivity index (χ0) is 27.1. The summed E-state index contributed by atoms with van der Waals surface area (Å²) < 4.78 is 34.2. The Bertz CT molecular complexity index is 1590. The number of amides is 2. The second kappa shape index (κ2) is 12.1. The third-order valence-corrected chi connectivity index (χ3v) is 7.39. The molecule has 38 heavy (non-hydrogen) atoms. The van der Waals surface area contributed by atoms with Gasteiger partial charge in [0.2, 0.25) is 0 Å². The molecule has 0 spiro atoms. The maximum absolute atomic E-state index is 13.1. The van der Waals surface area contributed by atoms with Crippen molar-refractivity contribution in [3.8, 4) is 11.5 Å². The molecule has 0 radical (unpaired) electrons. The Morgan fingerprint density at radius 2 is 1.45 bits per heavy atom. The Morgan fingerprint density at radius 1 is 0.816 bits per heavy atom. The van der Waals surface area contributed by atoms with Crippen LogP contribution in [0.1, 0.15) is 15.9 Å². The molecular weight excluding hydrogens is 592 g/mol. The van der Waals surface area contributed by atoms with Crippen LogP contribution >= 0.6 is 27.5 Å². The first-order valence-corrected chi connectivity index (χ1v) is 13.8. The van der Waals surface area contributed by atoms with Crippen LogP contribution in [0.3, 0.4) is 0 Å². The minimum absolute atomic E-state index is 0.155. The zero-order valence-corrected chi connectivity index (χ0v) is 22.8. The van der Waals surface area contributed by atoms with Crippen LogP contribution < -0.4 is 14.8 Å². The molecule has 4 aromatic rings. The smallest absolute Gasteiger partial charge is 0.281 e. The predicted molar refractivity (Wildman–Crippen MR) is 149 cm³/mol. The molecule has 0 aliphatic carbocycles. The van der Waals surface area contributed by atoms with Crippen molar-refractivity contribution in [1.29, 1.82) is 0 Å². The van der Waals surface area contributed by atoms with Crippen molar-refractivity contribution in [2.24, 2.45) is 0 Å². The highest BCUT2D eigenvalue weighted by molar-refractivity contribution is 9.10. The summed E-state index contributed by atoms with van der Waals surface area (Å²) in [4.78, 5) is 25.7. The number of halogens is 2. The van der Waals surface area contributed by atoms with E-state index in [-0.39, 0.29) is 10.6 Å². The van der Waals surface area contributed by atoms with Gasteiger partial charge in [-0.15, -0.1) is 0 Å². The standard InChI is InChI=1S/C28H20BrClN2O5S/c29-24-8-4-5-9-26(24)37-22-14-10-19(11-15-22)18-25(31-27(33)20-6-2-1-3-7-20)28(34)32-38(35,36)23-16-12-21(30)13-17-23/h1-18H,(H,31,33)(H,32,34)/b25-18-. The third kappa shape index (κ3) is 7.10. The number of benzene rings is 4. The van der Waals surface area contributed by atoms with Crippen LogP contribution in [0, 0.1) is 0 Å². The summed E-state index contributed by atoms with van der Waals surface area (Å²) in [5.74, 6) is -0.431. The number of nitrogens with one attached hydrogen (secondary N) is 2. The molecular formula is C28H20BrClN2O5S. The number of carbonyl (C=O) groups excluding carboxylic acids is 2. The normalized spacial score (nSPS) is 11.5. The van der Waals surface area contributed by atoms with Gasteiger partial charge in [-0.25, -0.2) is 13.1 Å². The monoisotopic (exact) mass is 610 g/mol. The highest BCUT2D eigenvalue weighted by atomic mass is 79.9. The van der Waals surface area contributed by atoms with Gasteiger partial charge in [0.05, 0.1) is 9.37 Å². The zero-order valence-electron chi connectivity index (χ0n) is 19.6. The number of ether oxygens (including phenoxy) is 1. The van der Waals surface area contributed by atoms with Crippen molar-refractivity contribution >= 4 is 55.4 Å². The number of hydrogen-bond acceptors (Lipinski definition) is 5. The van der Waals surface area contributed by atoms with Crippen molar-refractivity contribution in [2.45, 2.75) is 4.90 Å². The summed E-state index contributed by atoms with van der Waals surface area (Å²) in [6.45, 7) is 0. The lowest BCUT2D eigenvalue weighted by Crippen LogP contribution is -2.38. The van der Waals surface area contributed by atoms with Crippen LogP contribution in [0.15, 0.2) is 118 Å². The predicted octanol–water partition coefficient (Wildman–Crippen LogP) is 6.17. The molecule has 0 aliphatic rings. The molecule has 192 valence electrons. The van der Waals surface area contributed by atoms with Gasteiger partial charge in [-0.1, -0.05) is 54.1 Å². The van der Waals surface area contributed by atoms with E-state index in [4.69, 9.17) is 16.3 Å². The lowest BCUT2D eigenvalue weighted by molar-refractivity contribution is -0.116. The Kier molecular flexibility index (Phi) is 8.62. The van der Waals surface area contributed by atoms with E-state index in [1.807, 2.05) is 22.9 Å². The summed E-state index contributed by atoms with van der Waals surface area (Å²) in [5.41, 5.74) is 0.548. The van der Waals surface area contributed by atoms with Crippen molar-refractivity contribution in [3.05, 3.63) is 129 Å². The number of rotatable bonds is 8. The average Bonchev–Trinajstić information content (AvgIpc) is 2.91. The van der Waals surface area contributed by atoms with Gasteiger partial charge < -0.3 is 10.1 Å². The third-order valence-electron chi connectivity index (χ3n) is 5.14. The van der Waals surface area contributed by atoms with Gasteiger partial charge in [-0.3, -0.25) is 9.59 Å². The first-order chi connectivity index (χ1) is 18.2. The first-order valence-electron chi connectivity index (χ1n) is 11.1. The number of hydrogen-bond donors (Lipinski definition) is 2. The second-order valence-electron chi connectivity index (χ2n) is 7.87. The van der Waals surface area contributed by atoms with E-state index >= 15 is 0 Å². The van der Waals surface area contributed by atoms with Crippen LogP contribution in [-0.4, -0.2) is 20.2 Å². The topological polar surface area (TPSA) is 102 Å². The van der Waals surface area contributed by atoms with Crippen LogP contribution in [0.2, 0.25) is 5.02 Å². The first kappa shape index (κ1) is 27.1. The second-order valence-corrected chi connectivity index (χ2v) is 10.8. The maximum atomic E-state index is 13.1. The average molecular weight is 612 g/mol. The lowest BCUT2D eigenvalue weighted by Gasteiger charge is -2.12. The summed E-state index contributed by atoms with van der Waals surface area (Å²) in [7, 11) is -4.23. The van der Waals surface area contributed by atoms with E-state index < -0.39 is 21.8 Å². The molecule has 0 atom stereocenters. The molecule has 0 saturated heterocycles. The number of carbonyl (C=O) groups is 2. The van der Waals surface area contributed by atoms with E-state index in [1.54, 1.807) is 60.7 Å². The number of sulfonamides is 1. The summed E-state index contributed by atoms with van der Waals surface area (Å²) >= 11 is 9.27. The van der Waals surface area contributed by atoms with Crippen molar-refractivity contribution in [1.82, 2.24) is 10.0 Å². The summed E-state index contributed by atoms with van der Waals surface area (Å²) in [6, 6.07) is 27.6. The van der Waals surface area contributed by atoms with Gasteiger partial charge in [-0.2, -0.15) is 0 Å². The highest BCUT2D eigenvalue weighted by Gasteiger charge is 2.22. The number of para-hydroxylation sites is 1. The maximum Gasteiger partial charge on any atom is 0.281 e. The molecule has 0 unspecified atom stereocenters. The van der Waals surface area contributed by atoms with Gasteiger partial charge >= 0.3 is 0 Å². The quantitative estimate of drug-likeness (QED) is 0.232. The molecule has 0 aromatic heterocycles. The fourth-order valence-corrected chi connectivity index (χ4v) is 4.70. The molecule has 0 saturated carbocycles. The Balaban J connectivity index is 1.60. The molecule has 0 bridgehead atoms. The van der Waals surface area contributed by atoms with E-state index in [1.165, 1.54) is 30.3 Å². The highest BCUT2D eigenvalue weighted by Crippen LogP contribution is 2.29. The molecule has 0 fully saturated rings. The molecule has 0 aliphatic heterocycles. The molecule has 10 heteroatoms. The van der Waals surface area contributed by atoms with E-state index in [9.17, 15) is 18.0 Å². The van der Waals surface area contributed by atoms with Crippen molar-refractivity contribution < 1.29 is 22.7 Å². The fourth-order valence-electron chi connectivity index (χ4n) is 3.25. The van der Waals surface area contributed by atoms with Crippen molar-refractivity contribution in [3.63, 3.8) is 0 Å². The van der Waals surface area contributed by atoms with Gasteiger partial charge in [0.15, 0.2) is 0 Å². The van der Waals surface area contributed by atoms with Gasteiger partial charge in [0.25, 0.3) is 21.8 Å². The van der Waals surface area contributed by atoms with E-state index in [2.05, 4.69) is 21.2 Å². The van der Waals surface area contributed by atoms with Gasteiger partial charge in [-0.05, 0) is 88.2 Å². The minimum Gasteiger partial charge on any atom is -0.456 e. The fraction of sp³-hybridized carbons (Fsp3) is 0. The molecule has 2 N–H and O–H groups in total. The Hall–Kier alpha value is -3.92. The molecule has 2 amide bonds. The van der Waals surface area contributed by atoms with Crippen LogP contribution in [0.5, 0.6) is 11.5 Å². The largest absolute Gasteiger partial charge is 0.456 e. The summed E-state index contributed by atoms with van der Waals surface area (Å²) in [6.07, 6.45) is 1.37. The Morgan fingerprint density at radius 3 is 2.11 bits per heavy atom. The van der Waals surface area contributed by atoms with Gasteiger partial charge in [0.1, 0.15) is 17.2 Å². The van der Waals surface area contributed by atoms with Gasteiger partial charge in [0, 0.05) is 10.6 Å². The van der Waals surface area contributed by atoms with Crippen LogP contribution in [0.25, 0.3) is 6.08 Å². The molecule has 4 aromatic carbocycles. The molecule has 7 nitrogen and oxygen atoms in total. The van der Waals surface area contributed by atoms with E-state index in [0.717, 1.165) is 4.47 Å².